The summed E-state index contributed by atoms with van der Waals surface area (Å²) in [6.45, 7) is 7.38. The van der Waals surface area contributed by atoms with Crippen molar-refractivity contribution in [1.29, 1.82) is 0 Å². The van der Waals surface area contributed by atoms with Gasteiger partial charge in [0.05, 0.1) is 13.2 Å². The van der Waals surface area contributed by atoms with E-state index < -0.39 is 0 Å². The van der Waals surface area contributed by atoms with Crippen LogP contribution in [0.25, 0.3) is 0 Å². The molecule has 0 atom stereocenters. The zero-order valence-corrected chi connectivity index (χ0v) is 7.02. The van der Waals surface area contributed by atoms with Gasteiger partial charge >= 0.3 is 0 Å². The highest BCUT2D eigenvalue weighted by Gasteiger charge is 1.90. The van der Waals surface area contributed by atoms with E-state index in [1.807, 2.05) is 20.8 Å². The van der Waals surface area contributed by atoms with E-state index in [0.717, 1.165) is 12.2 Å². The van der Waals surface area contributed by atoms with E-state index in [0.29, 0.717) is 13.2 Å². The van der Waals surface area contributed by atoms with Gasteiger partial charge in [-0.25, -0.2) is 0 Å². The molecular weight excluding hydrogens is 128 g/mol. The molecule has 0 unspecified atom stereocenters. The fourth-order valence-electron chi connectivity index (χ4n) is 0.581. The summed E-state index contributed by atoms with van der Waals surface area (Å²) in [5, 5.41) is 0. The van der Waals surface area contributed by atoms with Gasteiger partial charge in [0.2, 0.25) is 0 Å². The second-order valence-electron chi connectivity index (χ2n) is 1.83. The topological polar surface area (TPSA) is 18.5 Å². The van der Waals surface area contributed by atoms with E-state index in [1.165, 1.54) is 0 Å². The van der Waals surface area contributed by atoms with Crippen LogP contribution in [-0.4, -0.2) is 13.2 Å². The summed E-state index contributed by atoms with van der Waals surface area (Å²) >= 11 is 0. The summed E-state index contributed by atoms with van der Waals surface area (Å²) in [4.78, 5) is 0. The lowest BCUT2D eigenvalue weighted by Crippen LogP contribution is -1.91. The first-order valence-corrected chi connectivity index (χ1v) is 3.78. The van der Waals surface area contributed by atoms with Gasteiger partial charge in [-0.3, -0.25) is 0 Å². The maximum absolute atomic E-state index is 5.23. The Morgan fingerprint density at radius 3 is 2.30 bits per heavy atom. The SMILES string of the molecule is CCOC=C(CC)OCC. The van der Waals surface area contributed by atoms with Crippen molar-refractivity contribution in [3.05, 3.63) is 12.0 Å². The molecule has 0 fully saturated rings. The predicted octanol–water partition coefficient (Wildman–Crippen LogP) is 2.31. The average molecular weight is 144 g/mol. The first-order chi connectivity index (χ1) is 4.85. The van der Waals surface area contributed by atoms with Crippen LogP contribution in [0.1, 0.15) is 27.2 Å². The van der Waals surface area contributed by atoms with Gasteiger partial charge < -0.3 is 9.47 Å². The highest BCUT2D eigenvalue weighted by molar-refractivity contribution is 4.85. The van der Waals surface area contributed by atoms with Crippen LogP contribution in [-0.2, 0) is 9.47 Å². The quantitative estimate of drug-likeness (QED) is 0.551. The molecule has 0 aromatic rings. The van der Waals surface area contributed by atoms with Gasteiger partial charge in [-0.1, -0.05) is 6.92 Å². The third-order valence-electron chi connectivity index (χ3n) is 1.06. The van der Waals surface area contributed by atoms with Crippen molar-refractivity contribution in [2.24, 2.45) is 0 Å². The number of ether oxygens (including phenoxy) is 2. The number of hydrogen-bond acceptors (Lipinski definition) is 2. The molecule has 0 bridgehead atoms. The first kappa shape index (κ1) is 9.34. The second kappa shape index (κ2) is 6.46. The minimum Gasteiger partial charge on any atom is -0.498 e. The Labute approximate surface area is 62.8 Å². The monoisotopic (exact) mass is 144 g/mol. The van der Waals surface area contributed by atoms with E-state index in [-0.39, 0.29) is 0 Å². The minimum atomic E-state index is 0.705. The maximum Gasteiger partial charge on any atom is 0.130 e. The Balaban J connectivity index is 3.55. The number of allylic oxidation sites excluding steroid dienone is 1. The van der Waals surface area contributed by atoms with Crippen molar-refractivity contribution in [1.82, 2.24) is 0 Å². The third kappa shape index (κ3) is 4.24. The molecular formula is C8H16O2. The molecule has 0 saturated heterocycles. The Morgan fingerprint density at radius 2 is 1.90 bits per heavy atom. The van der Waals surface area contributed by atoms with Gasteiger partial charge in [0.1, 0.15) is 12.0 Å². The molecule has 0 aromatic carbocycles. The lowest BCUT2D eigenvalue weighted by molar-refractivity contribution is 0.185. The molecule has 60 valence electrons. The molecule has 0 spiro atoms. The highest BCUT2D eigenvalue weighted by Crippen LogP contribution is 2.01. The Hall–Kier alpha value is -0.660. The molecule has 0 aliphatic rings. The largest absolute Gasteiger partial charge is 0.498 e. The van der Waals surface area contributed by atoms with Gasteiger partial charge in [0.25, 0.3) is 0 Å². The molecule has 0 saturated carbocycles. The molecule has 0 N–H and O–H groups in total. The van der Waals surface area contributed by atoms with Gasteiger partial charge in [0.15, 0.2) is 0 Å². The summed E-state index contributed by atoms with van der Waals surface area (Å²) in [5.74, 6) is 0.921. The van der Waals surface area contributed by atoms with Crippen molar-refractivity contribution in [3.63, 3.8) is 0 Å². The first-order valence-electron chi connectivity index (χ1n) is 3.78. The Kier molecular flexibility index (Phi) is 6.03. The van der Waals surface area contributed by atoms with Crippen molar-refractivity contribution < 1.29 is 9.47 Å². The smallest absolute Gasteiger partial charge is 0.130 e. The molecule has 0 heterocycles. The van der Waals surface area contributed by atoms with Crippen LogP contribution in [0.5, 0.6) is 0 Å². The van der Waals surface area contributed by atoms with Crippen molar-refractivity contribution in [3.8, 4) is 0 Å². The van der Waals surface area contributed by atoms with Crippen LogP contribution in [0.3, 0.4) is 0 Å². The number of hydrogen-bond donors (Lipinski definition) is 0. The zero-order valence-electron chi connectivity index (χ0n) is 7.02. The Bertz CT molecular complexity index is 97.4. The lowest BCUT2D eigenvalue weighted by Gasteiger charge is -2.04. The summed E-state index contributed by atoms with van der Waals surface area (Å²) in [6, 6.07) is 0. The van der Waals surface area contributed by atoms with Crippen LogP contribution in [0.4, 0.5) is 0 Å². The van der Waals surface area contributed by atoms with E-state index in [4.69, 9.17) is 9.47 Å². The van der Waals surface area contributed by atoms with Gasteiger partial charge in [-0.15, -0.1) is 0 Å². The van der Waals surface area contributed by atoms with Crippen LogP contribution in [0.15, 0.2) is 12.0 Å². The van der Waals surface area contributed by atoms with Gasteiger partial charge in [-0.2, -0.15) is 0 Å². The standard InChI is InChI=1S/C8H16O2/c1-4-8(10-6-3)7-9-5-2/h7H,4-6H2,1-3H3. The number of rotatable bonds is 5. The molecule has 2 heteroatoms. The molecule has 0 aromatic heterocycles. The second-order valence-corrected chi connectivity index (χ2v) is 1.83. The fraction of sp³-hybridized carbons (Fsp3) is 0.750. The molecule has 10 heavy (non-hydrogen) atoms. The molecule has 0 aliphatic heterocycles. The lowest BCUT2D eigenvalue weighted by atomic mass is 10.4. The molecule has 0 amide bonds. The fourth-order valence-corrected chi connectivity index (χ4v) is 0.581. The third-order valence-corrected chi connectivity index (χ3v) is 1.06. The van der Waals surface area contributed by atoms with Gasteiger partial charge in [-0.05, 0) is 13.8 Å². The summed E-state index contributed by atoms with van der Waals surface area (Å²) in [5.41, 5.74) is 0. The maximum atomic E-state index is 5.23. The van der Waals surface area contributed by atoms with Crippen molar-refractivity contribution in [2.45, 2.75) is 27.2 Å². The van der Waals surface area contributed by atoms with E-state index in [1.54, 1.807) is 6.26 Å². The van der Waals surface area contributed by atoms with Crippen LogP contribution < -0.4 is 0 Å². The average Bonchev–Trinajstić information content (AvgIpc) is 1.98. The predicted molar refractivity (Wildman–Crippen MR) is 41.6 cm³/mol. The van der Waals surface area contributed by atoms with Crippen molar-refractivity contribution >= 4 is 0 Å². The molecule has 0 rings (SSSR count). The molecule has 0 radical (unpaired) electrons. The zero-order chi connectivity index (χ0) is 7.82. The van der Waals surface area contributed by atoms with Crippen molar-refractivity contribution in [2.75, 3.05) is 13.2 Å². The van der Waals surface area contributed by atoms with Crippen LogP contribution >= 0.6 is 0 Å². The van der Waals surface area contributed by atoms with Crippen LogP contribution in [0, 0.1) is 0 Å². The summed E-state index contributed by atoms with van der Waals surface area (Å²) < 4.78 is 10.3. The van der Waals surface area contributed by atoms with Crippen LogP contribution in [0.2, 0.25) is 0 Å². The van der Waals surface area contributed by atoms with E-state index in [9.17, 15) is 0 Å². The summed E-state index contributed by atoms with van der Waals surface area (Å²) in [7, 11) is 0. The van der Waals surface area contributed by atoms with E-state index in [2.05, 4.69) is 0 Å². The highest BCUT2D eigenvalue weighted by atomic mass is 16.5. The molecule has 2 nitrogen and oxygen atoms in total. The Morgan fingerprint density at radius 1 is 1.20 bits per heavy atom. The minimum absolute atomic E-state index is 0.705. The molecule has 0 aliphatic carbocycles. The normalized spacial score (nSPS) is 11.3. The van der Waals surface area contributed by atoms with Gasteiger partial charge in [0, 0.05) is 6.42 Å². The summed E-state index contributed by atoms with van der Waals surface area (Å²) in [6.07, 6.45) is 2.58. The van der Waals surface area contributed by atoms with E-state index >= 15 is 0 Å².